The zero-order valence-electron chi connectivity index (χ0n) is 13.2. The van der Waals surface area contributed by atoms with E-state index in [4.69, 9.17) is 11.4 Å². The summed E-state index contributed by atoms with van der Waals surface area (Å²) < 4.78 is 1.78. The average molecular weight is 280 g/mol. The van der Waals surface area contributed by atoms with Crippen molar-refractivity contribution in [3.8, 4) is 12.3 Å². The molecule has 0 saturated heterocycles. The van der Waals surface area contributed by atoms with Gasteiger partial charge >= 0.3 is 0 Å². The minimum absolute atomic E-state index is 0.306. The Morgan fingerprint density at radius 1 is 1.33 bits per heavy atom. The molecule has 1 unspecified atom stereocenters. The van der Waals surface area contributed by atoms with Crippen molar-refractivity contribution in [2.24, 2.45) is 12.0 Å². The summed E-state index contributed by atoms with van der Waals surface area (Å²) in [5.74, 6) is 3.79. The highest BCUT2D eigenvalue weighted by molar-refractivity contribution is 6.07. The lowest BCUT2D eigenvalue weighted by molar-refractivity contribution is 0.568. The molecule has 0 fully saturated rings. The maximum absolute atomic E-state index is 5.60. The summed E-state index contributed by atoms with van der Waals surface area (Å²) in [6.07, 6.45) is 7.79. The molecule has 0 radical (unpaired) electrons. The van der Waals surface area contributed by atoms with Crippen molar-refractivity contribution in [2.75, 3.05) is 6.54 Å². The van der Waals surface area contributed by atoms with Gasteiger partial charge in [-0.1, -0.05) is 12.0 Å². The Morgan fingerprint density at radius 2 is 2.05 bits per heavy atom. The molecule has 2 aliphatic rings. The van der Waals surface area contributed by atoms with Crippen molar-refractivity contribution in [3.05, 3.63) is 34.2 Å². The number of rotatable bonds is 1. The largest absolute Gasteiger partial charge is 0.322 e. The summed E-state index contributed by atoms with van der Waals surface area (Å²) in [6.45, 7) is 9.32. The first-order valence-corrected chi connectivity index (χ1v) is 7.19. The molecule has 2 aliphatic heterocycles. The van der Waals surface area contributed by atoms with Gasteiger partial charge in [-0.2, -0.15) is 5.10 Å². The van der Waals surface area contributed by atoms with Crippen LogP contribution < -0.4 is 0 Å². The topological polar surface area (TPSA) is 33.4 Å². The Labute approximate surface area is 125 Å². The molecule has 108 valence electrons. The molecule has 3 heterocycles. The lowest BCUT2D eigenvalue weighted by atomic mass is 10.00. The molecule has 4 heteroatoms. The third-order valence-corrected chi connectivity index (χ3v) is 4.12. The van der Waals surface area contributed by atoms with E-state index in [0.717, 1.165) is 35.0 Å². The van der Waals surface area contributed by atoms with E-state index >= 15 is 0 Å². The summed E-state index contributed by atoms with van der Waals surface area (Å²) in [6, 6.07) is 0.306. The number of aryl methyl sites for hydroxylation is 1. The first-order valence-electron chi connectivity index (χ1n) is 7.19. The van der Waals surface area contributed by atoms with Gasteiger partial charge < -0.3 is 4.90 Å². The fourth-order valence-corrected chi connectivity index (χ4v) is 3.22. The molecule has 0 amide bonds. The van der Waals surface area contributed by atoms with E-state index in [0.29, 0.717) is 6.04 Å². The average Bonchev–Trinajstić information content (AvgIpc) is 2.91. The third kappa shape index (κ3) is 1.92. The Morgan fingerprint density at radius 3 is 2.67 bits per heavy atom. The molecule has 3 rings (SSSR count). The van der Waals surface area contributed by atoms with Crippen molar-refractivity contribution in [3.63, 3.8) is 0 Å². The van der Waals surface area contributed by atoms with Gasteiger partial charge in [-0.25, -0.2) is 0 Å². The smallest absolute Gasteiger partial charge is 0.131 e. The van der Waals surface area contributed by atoms with Crippen molar-refractivity contribution in [1.29, 1.82) is 0 Å². The number of nitrogens with zero attached hydrogens (tertiary/aromatic N) is 4. The monoisotopic (exact) mass is 280 g/mol. The van der Waals surface area contributed by atoms with E-state index < -0.39 is 0 Å². The minimum atomic E-state index is 0.306. The standard InChI is InChI=1S/C17H20N4/c1-7-14-13(5)15(19-20(14)6)16-10(2)8-11(3)17-18-12(4)9-21(16)17/h1,8,12H,9H2,2-6H3. The summed E-state index contributed by atoms with van der Waals surface area (Å²) in [5.41, 5.74) is 6.42. The SMILES string of the molecule is C#Cc1c(C)c(C2=C(C)C=C(C)C3=NC(C)CN32)nn1C. The van der Waals surface area contributed by atoms with Gasteiger partial charge in [-0.05, 0) is 38.8 Å². The van der Waals surface area contributed by atoms with Crippen LogP contribution in [-0.4, -0.2) is 33.1 Å². The molecule has 4 nitrogen and oxygen atoms in total. The van der Waals surface area contributed by atoms with Crippen molar-refractivity contribution >= 4 is 11.5 Å². The molecule has 0 spiro atoms. The third-order valence-electron chi connectivity index (χ3n) is 4.12. The Kier molecular flexibility index (Phi) is 3.02. The van der Waals surface area contributed by atoms with E-state index in [1.807, 2.05) is 14.0 Å². The Balaban J connectivity index is 2.20. The van der Waals surface area contributed by atoms with Crippen molar-refractivity contribution < 1.29 is 0 Å². The summed E-state index contributed by atoms with van der Waals surface area (Å²) in [7, 11) is 1.90. The number of hydrogen-bond acceptors (Lipinski definition) is 3. The highest BCUT2D eigenvalue weighted by Crippen LogP contribution is 2.35. The molecule has 0 bridgehead atoms. The number of amidine groups is 1. The lowest BCUT2D eigenvalue weighted by Crippen LogP contribution is -2.31. The number of terminal acetylenes is 1. The van der Waals surface area contributed by atoms with Crippen LogP contribution in [0.5, 0.6) is 0 Å². The normalized spacial score (nSPS) is 21.1. The quantitative estimate of drug-likeness (QED) is 0.741. The van der Waals surface area contributed by atoms with Gasteiger partial charge in [-0.15, -0.1) is 6.42 Å². The second-order valence-corrected chi connectivity index (χ2v) is 5.86. The molecule has 1 aromatic heterocycles. The summed E-state index contributed by atoms with van der Waals surface area (Å²) >= 11 is 0. The second-order valence-electron chi connectivity index (χ2n) is 5.86. The summed E-state index contributed by atoms with van der Waals surface area (Å²) in [4.78, 5) is 7.03. The number of fused-ring (bicyclic) bond motifs is 1. The van der Waals surface area contributed by atoms with Gasteiger partial charge in [0.2, 0.25) is 0 Å². The predicted molar refractivity (Wildman–Crippen MR) is 85.8 cm³/mol. The van der Waals surface area contributed by atoms with Crippen LogP contribution in [0.3, 0.4) is 0 Å². The maximum atomic E-state index is 5.60. The second kappa shape index (κ2) is 4.63. The van der Waals surface area contributed by atoms with Gasteiger partial charge in [0.15, 0.2) is 0 Å². The molecule has 1 aromatic rings. The van der Waals surface area contributed by atoms with Crippen LogP contribution in [0, 0.1) is 19.3 Å². The fraction of sp³-hybridized carbons (Fsp3) is 0.412. The minimum Gasteiger partial charge on any atom is -0.322 e. The molecular formula is C17H20N4. The lowest BCUT2D eigenvalue weighted by Gasteiger charge is -2.29. The molecule has 21 heavy (non-hydrogen) atoms. The van der Waals surface area contributed by atoms with Crippen LogP contribution in [0.4, 0.5) is 0 Å². The zero-order valence-corrected chi connectivity index (χ0v) is 13.2. The van der Waals surface area contributed by atoms with Crippen LogP contribution in [0.1, 0.15) is 37.7 Å². The van der Waals surface area contributed by atoms with Crippen molar-refractivity contribution in [1.82, 2.24) is 14.7 Å². The Hall–Kier alpha value is -2.28. The predicted octanol–water partition coefficient (Wildman–Crippen LogP) is 2.50. The molecule has 0 N–H and O–H groups in total. The molecule has 0 aliphatic carbocycles. The first kappa shape index (κ1) is 13.7. The van der Waals surface area contributed by atoms with Crippen molar-refractivity contribution in [2.45, 2.75) is 33.7 Å². The number of aliphatic imine (C=N–C) groups is 1. The van der Waals surface area contributed by atoms with Gasteiger partial charge in [0, 0.05) is 19.2 Å². The molecule has 1 atom stereocenters. The van der Waals surface area contributed by atoms with E-state index in [2.05, 4.69) is 42.8 Å². The highest BCUT2D eigenvalue weighted by Gasteiger charge is 2.33. The summed E-state index contributed by atoms with van der Waals surface area (Å²) in [5, 5.41) is 4.66. The maximum Gasteiger partial charge on any atom is 0.131 e. The van der Waals surface area contributed by atoms with Crippen LogP contribution in [0.15, 0.2) is 22.2 Å². The highest BCUT2D eigenvalue weighted by atomic mass is 15.3. The number of hydrogen-bond donors (Lipinski definition) is 0. The van der Waals surface area contributed by atoms with Gasteiger partial charge in [0.1, 0.15) is 17.2 Å². The van der Waals surface area contributed by atoms with E-state index in [9.17, 15) is 0 Å². The van der Waals surface area contributed by atoms with Crippen LogP contribution in [0.25, 0.3) is 5.70 Å². The molecule has 0 aromatic carbocycles. The number of allylic oxidation sites excluding steroid dienone is 2. The zero-order chi connectivity index (χ0) is 15.3. The molecule has 0 saturated carbocycles. The number of aromatic nitrogens is 2. The van der Waals surface area contributed by atoms with Gasteiger partial charge in [0.25, 0.3) is 0 Å². The first-order chi connectivity index (χ1) is 9.93. The van der Waals surface area contributed by atoms with Gasteiger partial charge in [-0.3, -0.25) is 9.67 Å². The molecular weight excluding hydrogens is 260 g/mol. The Bertz CT molecular complexity index is 752. The van der Waals surface area contributed by atoms with E-state index in [1.54, 1.807) is 4.68 Å². The van der Waals surface area contributed by atoms with E-state index in [1.165, 1.54) is 11.1 Å². The van der Waals surface area contributed by atoms with Crippen LogP contribution >= 0.6 is 0 Å². The van der Waals surface area contributed by atoms with Gasteiger partial charge in [0.05, 0.1) is 11.7 Å². The van der Waals surface area contributed by atoms with Crippen LogP contribution in [-0.2, 0) is 7.05 Å². The fourth-order valence-electron chi connectivity index (χ4n) is 3.22. The van der Waals surface area contributed by atoms with Crippen LogP contribution in [0.2, 0.25) is 0 Å². The van der Waals surface area contributed by atoms with E-state index in [-0.39, 0.29) is 0 Å².